The first-order valence-electron chi connectivity index (χ1n) is 6.17. The van der Waals surface area contributed by atoms with E-state index in [1.54, 1.807) is 11.0 Å². The van der Waals surface area contributed by atoms with Gasteiger partial charge in [0.25, 0.3) is 0 Å². The monoisotopic (exact) mass is 239 g/mol. The van der Waals surface area contributed by atoms with E-state index in [-0.39, 0.29) is 6.10 Å². The molecule has 0 aliphatic carbocycles. The second-order valence-corrected chi connectivity index (χ2v) is 4.35. The van der Waals surface area contributed by atoms with Crippen LogP contribution in [-0.4, -0.2) is 58.6 Å². The van der Waals surface area contributed by atoms with Crippen LogP contribution in [0.5, 0.6) is 0 Å². The Bertz CT molecular complexity index is 340. The van der Waals surface area contributed by atoms with Crippen molar-refractivity contribution in [3.05, 3.63) is 12.2 Å². The Morgan fingerprint density at radius 2 is 2.47 bits per heavy atom. The lowest BCUT2D eigenvalue weighted by molar-refractivity contribution is -0.0254. The number of aromatic nitrogens is 3. The molecular weight excluding hydrogens is 218 g/mol. The predicted octanol–water partition coefficient (Wildman–Crippen LogP) is -0.375. The van der Waals surface area contributed by atoms with Gasteiger partial charge in [0.15, 0.2) is 5.82 Å². The van der Waals surface area contributed by atoms with Crippen molar-refractivity contribution in [1.29, 1.82) is 0 Å². The molecule has 6 heteroatoms. The molecule has 6 nitrogen and oxygen atoms in total. The summed E-state index contributed by atoms with van der Waals surface area (Å²) in [7, 11) is 1.87. The summed E-state index contributed by atoms with van der Waals surface area (Å²) in [4.78, 5) is 6.58. The number of hydrogen-bond acceptors (Lipinski definition) is 5. The maximum Gasteiger partial charge on any atom is 0.164 e. The number of likely N-dealkylation sites (N-methyl/N-ethyl adjacent to an activating group) is 1. The molecule has 0 amide bonds. The van der Waals surface area contributed by atoms with Crippen molar-refractivity contribution in [2.45, 2.75) is 19.6 Å². The molecule has 1 fully saturated rings. The molecule has 0 spiro atoms. The Kier molecular flexibility index (Phi) is 4.47. The van der Waals surface area contributed by atoms with E-state index in [2.05, 4.69) is 27.2 Å². The molecule has 1 aliphatic heterocycles. The number of aryl methyl sites for hydroxylation is 1. The summed E-state index contributed by atoms with van der Waals surface area (Å²) in [5, 5.41) is 7.56. The first-order chi connectivity index (χ1) is 8.28. The molecular formula is C11H21N5O. The predicted molar refractivity (Wildman–Crippen MR) is 64.6 cm³/mol. The van der Waals surface area contributed by atoms with E-state index in [9.17, 15) is 0 Å². The first kappa shape index (κ1) is 12.5. The van der Waals surface area contributed by atoms with Crippen LogP contribution in [0, 0.1) is 0 Å². The normalized spacial score (nSPS) is 21.9. The largest absolute Gasteiger partial charge is 0.374 e. The number of ether oxygens (including phenoxy) is 1. The van der Waals surface area contributed by atoms with Crippen LogP contribution in [0.3, 0.4) is 0 Å². The van der Waals surface area contributed by atoms with E-state index >= 15 is 0 Å². The molecule has 0 aromatic carbocycles. The minimum absolute atomic E-state index is 0.285. The topological polar surface area (TPSA) is 55.2 Å². The number of nitrogens with one attached hydrogen (secondary N) is 1. The highest BCUT2D eigenvalue weighted by Crippen LogP contribution is 2.03. The molecule has 0 radical (unpaired) electrons. The third kappa shape index (κ3) is 3.76. The van der Waals surface area contributed by atoms with E-state index in [0.29, 0.717) is 6.54 Å². The molecule has 0 bridgehead atoms. The maximum absolute atomic E-state index is 5.70. The minimum Gasteiger partial charge on any atom is -0.374 e. The van der Waals surface area contributed by atoms with Crippen LogP contribution in [0.1, 0.15) is 12.7 Å². The molecule has 0 saturated carbocycles. The van der Waals surface area contributed by atoms with E-state index in [1.165, 1.54) is 0 Å². The molecule has 2 heterocycles. The quantitative estimate of drug-likeness (QED) is 0.759. The summed E-state index contributed by atoms with van der Waals surface area (Å²) in [5.74, 6) is 0.829. The smallest absolute Gasteiger partial charge is 0.164 e. The van der Waals surface area contributed by atoms with E-state index < -0.39 is 0 Å². The molecule has 1 atom stereocenters. The molecule has 1 N–H and O–H groups in total. The van der Waals surface area contributed by atoms with Crippen LogP contribution in [-0.2, 0) is 18.3 Å². The van der Waals surface area contributed by atoms with Gasteiger partial charge in [-0.15, -0.1) is 0 Å². The highest BCUT2D eigenvalue weighted by Gasteiger charge is 2.18. The lowest BCUT2D eigenvalue weighted by Crippen LogP contribution is -2.46. The van der Waals surface area contributed by atoms with Gasteiger partial charge in [-0.1, -0.05) is 6.92 Å². The van der Waals surface area contributed by atoms with Crippen LogP contribution in [0.25, 0.3) is 0 Å². The van der Waals surface area contributed by atoms with E-state index in [0.717, 1.165) is 38.6 Å². The average Bonchev–Trinajstić information content (AvgIpc) is 2.75. The van der Waals surface area contributed by atoms with E-state index in [1.807, 2.05) is 7.05 Å². The zero-order valence-electron chi connectivity index (χ0n) is 10.6. The molecule has 1 aromatic heterocycles. The fourth-order valence-corrected chi connectivity index (χ4v) is 2.00. The van der Waals surface area contributed by atoms with Gasteiger partial charge in [0.05, 0.1) is 19.3 Å². The summed E-state index contributed by atoms with van der Waals surface area (Å²) < 4.78 is 7.42. The fourth-order valence-electron chi connectivity index (χ4n) is 2.00. The summed E-state index contributed by atoms with van der Waals surface area (Å²) in [6.45, 7) is 7.74. The van der Waals surface area contributed by atoms with Crippen LogP contribution < -0.4 is 5.32 Å². The number of hydrogen-bond donors (Lipinski definition) is 1. The van der Waals surface area contributed by atoms with Crippen LogP contribution >= 0.6 is 0 Å². The molecule has 96 valence electrons. The standard InChI is InChI=1S/C11H21N5O/c1-3-16-4-5-17-10(8-16)6-12-7-11-13-9-15(2)14-11/h9-10,12H,3-8H2,1-2H3. The molecule has 1 saturated heterocycles. The number of morpholine rings is 1. The summed E-state index contributed by atoms with van der Waals surface area (Å²) in [5.41, 5.74) is 0. The molecule has 1 aromatic rings. The van der Waals surface area contributed by atoms with Gasteiger partial charge in [-0.2, -0.15) is 5.10 Å². The fraction of sp³-hybridized carbons (Fsp3) is 0.818. The lowest BCUT2D eigenvalue weighted by atomic mass is 10.2. The van der Waals surface area contributed by atoms with Crippen molar-refractivity contribution in [1.82, 2.24) is 25.0 Å². The Labute approximate surface area is 102 Å². The number of nitrogens with zero attached hydrogens (tertiary/aromatic N) is 4. The zero-order valence-corrected chi connectivity index (χ0v) is 10.6. The van der Waals surface area contributed by atoms with Crippen molar-refractivity contribution in [3.8, 4) is 0 Å². The van der Waals surface area contributed by atoms with Gasteiger partial charge in [-0.3, -0.25) is 9.58 Å². The Balaban J connectivity index is 1.68. The molecule has 17 heavy (non-hydrogen) atoms. The van der Waals surface area contributed by atoms with Crippen LogP contribution in [0.4, 0.5) is 0 Å². The third-order valence-electron chi connectivity index (χ3n) is 2.97. The highest BCUT2D eigenvalue weighted by molar-refractivity contribution is 4.81. The summed E-state index contributed by atoms with van der Waals surface area (Å²) >= 11 is 0. The van der Waals surface area contributed by atoms with Gasteiger partial charge >= 0.3 is 0 Å². The summed E-state index contributed by atoms with van der Waals surface area (Å²) in [6, 6.07) is 0. The van der Waals surface area contributed by atoms with Crippen molar-refractivity contribution >= 4 is 0 Å². The van der Waals surface area contributed by atoms with Gasteiger partial charge in [0.1, 0.15) is 6.33 Å². The Morgan fingerprint density at radius 1 is 1.59 bits per heavy atom. The molecule has 1 unspecified atom stereocenters. The van der Waals surface area contributed by atoms with Crippen LogP contribution in [0.2, 0.25) is 0 Å². The third-order valence-corrected chi connectivity index (χ3v) is 2.97. The first-order valence-corrected chi connectivity index (χ1v) is 6.17. The number of rotatable bonds is 5. The van der Waals surface area contributed by atoms with Crippen molar-refractivity contribution in [2.75, 3.05) is 32.8 Å². The zero-order chi connectivity index (χ0) is 12.1. The van der Waals surface area contributed by atoms with Gasteiger partial charge in [-0.25, -0.2) is 4.98 Å². The van der Waals surface area contributed by atoms with Gasteiger partial charge in [-0.05, 0) is 6.54 Å². The van der Waals surface area contributed by atoms with Crippen molar-refractivity contribution < 1.29 is 4.74 Å². The minimum atomic E-state index is 0.285. The molecule has 1 aliphatic rings. The Hall–Kier alpha value is -0.980. The second kappa shape index (κ2) is 6.09. The van der Waals surface area contributed by atoms with Crippen LogP contribution in [0.15, 0.2) is 6.33 Å². The maximum atomic E-state index is 5.70. The van der Waals surface area contributed by atoms with Crippen molar-refractivity contribution in [3.63, 3.8) is 0 Å². The average molecular weight is 239 g/mol. The highest BCUT2D eigenvalue weighted by atomic mass is 16.5. The van der Waals surface area contributed by atoms with E-state index in [4.69, 9.17) is 4.74 Å². The van der Waals surface area contributed by atoms with Gasteiger partial charge in [0.2, 0.25) is 0 Å². The SMILES string of the molecule is CCN1CCOC(CNCc2ncn(C)n2)C1. The second-order valence-electron chi connectivity index (χ2n) is 4.35. The Morgan fingerprint density at radius 3 is 3.18 bits per heavy atom. The van der Waals surface area contributed by atoms with Crippen molar-refractivity contribution in [2.24, 2.45) is 7.05 Å². The summed E-state index contributed by atoms with van der Waals surface area (Å²) in [6.07, 6.45) is 2.00. The lowest BCUT2D eigenvalue weighted by Gasteiger charge is -2.32. The van der Waals surface area contributed by atoms with Gasteiger partial charge < -0.3 is 10.1 Å². The molecule has 2 rings (SSSR count). The van der Waals surface area contributed by atoms with Gasteiger partial charge in [0, 0.05) is 26.7 Å².